The van der Waals surface area contributed by atoms with Gasteiger partial charge < -0.3 is 15.0 Å². The minimum absolute atomic E-state index is 0.0238. The summed E-state index contributed by atoms with van der Waals surface area (Å²) in [5, 5.41) is 3.47. The molecule has 1 unspecified atom stereocenters. The van der Waals surface area contributed by atoms with Gasteiger partial charge in [-0.1, -0.05) is 42.3 Å². The van der Waals surface area contributed by atoms with Crippen LogP contribution >= 0.6 is 23.2 Å². The van der Waals surface area contributed by atoms with Gasteiger partial charge in [-0.05, 0) is 62.6 Å². The number of amides is 2. The third kappa shape index (κ3) is 9.09. The Hall–Kier alpha value is -2.49. The van der Waals surface area contributed by atoms with Crippen molar-refractivity contribution in [2.45, 2.75) is 58.7 Å². The fourth-order valence-corrected chi connectivity index (χ4v) is 5.29. The maximum absolute atomic E-state index is 13.5. The topological polar surface area (TPSA) is 96.0 Å². The third-order valence-corrected chi connectivity index (χ3v) is 7.39. The zero-order valence-corrected chi connectivity index (χ0v) is 24.2. The van der Waals surface area contributed by atoms with E-state index in [1.165, 1.54) is 12.1 Å². The van der Waals surface area contributed by atoms with Gasteiger partial charge in [-0.25, -0.2) is 8.42 Å². The van der Waals surface area contributed by atoms with Crippen LogP contribution in [0.1, 0.15) is 45.6 Å². The quantitative estimate of drug-likeness (QED) is 0.369. The fourth-order valence-electron chi connectivity index (χ4n) is 3.89. The van der Waals surface area contributed by atoms with Crippen LogP contribution in [0.3, 0.4) is 0 Å². The summed E-state index contributed by atoms with van der Waals surface area (Å²) in [6.45, 7) is 5.83. The molecule has 2 rings (SSSR count). The van der Waals surface area contributed by atoms with E-state index < -0.39 is 16.1 Å². The number of anilines is 1. The molecule has 0 aliphatic carbocycles. The fraction of sp³-hybridized carbons (Fsp3) is 0.462. The highest BCUT2D eigenvalue weighted by atomic mass is 35.5. The molecule has 0 radical (unpaired) electrons. The van der Waals surface area contributed by atoms with Crippen molar-refractivity contribution in [3.63, 3.8) is 0 Å². The molecule has 8 nitrogen and oxygen atoms in total. The van der Waals surface area contributed by atoms with Crippen molar-refractivity contribution in [3.05, 3.63) is 58.1 Å². The predicted molar refractivity (Wildman–Crippen MR) is 149 cm³/mol. The number of methoxy groups -OCH3 is 1. The van der Waals surface area contributed by atoms with E-state index in [1.54, 1.807) is 30.2 Å². The van der Waals surface area contributed by atoms with Gasteiger partial charge in [0.25, 0.3) is 0 Å². The summed E-state index contributed by atoms with van der Waals surface area (Å²) >= 11 is 12.3. The molecule has 11 heteroatoms. The number of rotatable bonds is 13. The molecule has 1 N–H and O–H groups in total. The van der Waals surface area contributed by atoms with Crippen molar-refractivity contribution in [2.75, 3.05) is 24.2 Å². The van der Waals surface area contributed by atoms with Gasteiger partial charge in [-0.2, -0.15) is 0 Å². The van der Waals surface area contributed by atoms with E-state index in [0.717, 1.165) is 16.1 Å². The monoisotopic (exact) mass is 571 g/mol. The highest BCUT2D eigenvalue weighted by Crippen LogP contribution is 2.31. The van der Waals surface area contributed by atoms with E-state index >= 15 is 0 Å². The number of benzene rings is 2. The van der Waals surface area contributed by atoms with Gasteiger partial charge in [0.2, 0.25) is 21.8 Å². The van der Waals surface area contributed by atoms with Crippen LogP contribution in [0.5, 0.6) is 5.75 Å². The van der Waals surface area contributed by atoms with Crippen LogP contribution in [-0.4, -0.2) is 57.1 Å². The number of nitrogens with zero attached hydrogens (tertiary/aromatic N) is 2. The zero-order chi connectivity index (χ0) is 27.8. The normalized spacial score (nSPS) is 12.2. The van der Waals surface area contributed by atoms with Gasteiger partial charge >= 0.3 is 0 Å². The molecule has 0 fully saturated rings. The lowest BCUT2D eigenvalue weighted by Crippen LogP contribution is -2.50. The average molecular weight is 573 g/mol. The van der Waals surface area contributed by atoms with E-state index in [2.05, 4.69) is 5.32 Å². The average Bonchev–Trinajstić information content (AvgIpc) is 2.82. The first-order valence-electron chi connectivity index (χ1n) is 12.0. The van der Waals surface area contributed by atoms with Gasteiger partial charge in [0.15, 0.2) is 0 Å². The molecule has 0 aliphatic heterocycles. The molecule has 2 aromatic carbocycles. The molecular formula is C26H35Cl2N3O5S. The van der Waals surface area contributed by atoms with Crippen LogP contribution in [0.4, 0.5) is 5.69 Å². The van der Waals surface area contributed by atoms with Gasteiger partial charge in [0.1, 0.15) is 11.8 Å². The Bertz CT molecular complexity index is 1170. The molecule has 0 bridgehead atoms. The minimum atomic E-state index is -3.69. The largest absolute Gasteiger partial charge is 0.497 e. The highest BCUT2D eigenvalue weighted by Gasteiger charge is 2.29. The van der Waals surface area contributed by atoms with Gasteiger partial charge in [-0.3, -0.25) is 13.9 Å². The van der Waals surface area contributed by atoms with E-state index in [-0.39, 0.29) is 54.5 Å². The summed E-state index contributed by atoms with van der Waals surface area (Å²) in [5.41, 5.74) is 1.09. The lowest BCUT2D eigenvalue weighted by Gasteiger charge is -2.31. The van der Waals surface area contributed by atoms with Crippen LogP contribution in [0.2, 0.25) is 10.0 Å². The van der Waals surface area contributed by atoms with Crippen molar-refractivity contribution in [3.8, 4) is 5.75 Å². The number of carbonyl (C=O) groups is 2. The third-order valence-electron chi connectivity index (χ3n) is 5.66. The van der Waals surface area contributed by atoms with E-state index in [4.69, 9.17) is 27.9 Å². The lowest BCUT2D eigenvalue weighted by molar-refractivity contribution is -0.141. The van der Waals surface area contributed by atoms with Gasteiger partial charge in [0.05, 0.1) is 24.1 Å². The first-order valence-corrected chi connectivity index (χ1v) is 14.6. The van der Waals surface area contributed by atoms with Crippen LogP contribution in [-0.2, 0) is 26.2 Å². The lowest BCUT2D eigenvalue weighted by atomic mass is 10.1. The molecule has 37 heavy (non-hydrogen) atoms. The molecule has 0 saturated carbocycles. The number of hydrogen-bond acceptors (Lipinski definition) is 5. The molecule has 204 valence electrons. The van der Waals surface area contributed by atoms with Crippen LogP contribution in [0, 0.1) is 0 Å². The van der Waals surface area contributed by atoms with Crippen LogP contribution in [0.15, 0.2) is 42.5 Å². The maximum Gasteiger partial charge on any atom is 0.243 e. The molecular weight excluding hydrogens is 537 g/mol. The number of nitrogens with one attached hydrogen (secondary N) is 1. The number of halogens is 2. The summed E-state index contributed by atoms with van der Waals surface area (Å²) in [7, 11) is -2.12. The molecule has 1 atom stereocenters. The Morgan fingerprint density at radius 2 is 1.73 bits per heavy atom. The Morgan fingerprint density at radius 3 is 2.27 bits per heavy atom. The summed E-state index contributed by atoms with van der Waals surface area (Å²) in [6.07, 6.45) is 1.75. The number of sulfonamides is 1. The minimum Gasteiger partial charge on any atom is -0.497 e. The smallest absolute Gasteiger partial charge is 0.243 e. The van der Waals surface area contributed by atoms with Crippen molar-refractivity contribution in [1.29, 1.82) is 0 Å². The Balaban J connectivity index is 2.25. The Labute approximate surface area is 229 Å². The number of carbonyl (C=O) groups excluding carboxylic acids is 2. The highest BCUT2D eigenvalue weighted by molar-refractivity contribution is 7.92. The van der Waals surface area contributed by atoms with Crippen molar-refractivity contribution in [2.24, 2.45) is 0 Å². The summed E-state index contributed by atoms with van der Waals surface area (Å²) in [5.74, 6) is 0.196. The standard InChI is InChI=1S/C26H35Cl2N3O5S/c1-6-23(26(33)29-18(2)3)30(17-19-9-12-21(36-4)13-10-19)25(32)8-7-15-31(37(5,34)35)24-16-20(27)11-14-22(24)28/h9-14,16,18,23H,6-8,15,17H2,1-5H3,(H,29,33). The first-order chi connectivity index (χ1) is 17.4. The Morgan fingerprint density at radius 1 is 1.08 bits per heavy atom. The van der Waals surface area contributed by atoms with Crippen molar-refractivity contribution >= 4 is 50.7 Å². The molecule has 2 amide bonds. The number of hydrogen-bond donors (Lipinski definition) is 1. The molecule has 0 heterocycles. The second-order valence-electron chi connectivity index (χ2n) is 8.99. The summed E-state index contributed by atoms with van der Waals surface area (Å²) in [6, 6.07) is 11.1. The van der Waals surface area contributed by atoms with Crippen molar-refractivity contribution < 1.29 is 22.7 Å². The van der Waals surface area contributed by atoms with Crippen LogP contribution < -0.4 is 14.4 Å². The van der Waals surface area contributed by atoms with Gasteiger partial charge in [0, 0.05) is 30.6 Å². The predicted octanol–water partition coefficient (Wildman–Crippen LogP) is 4.88. The summed E-state index contributed by atoms with van der Waals surface area (Å²) < 4.78 is 31.4. The van der Waals surface area contributed by atoms with E-state index in [1.807, 2.05) is 32.9 Å². The summed E-state index contributed by atoms with van der Waals surface area (Å²) in [4.78, 5) is 28.0. The second-order valence-corrected chi connectivity index (χ2v) is 11.7. The molecule has 0 aliphatic rings. The molecule has 0 spiro atoms. The van der Waals surface area contributed by atoms with Crippen molar-refractivity contribution in [1.82, 2.24) is 10.2 Å². The van der Waals surface area contributed by atoms with Crippen LogP contribution in [0.25, 0.3) is 0 Å². The SMILES string of the molecule is CCC(C(=O)NC(C)C)N(Cc1ccc(OC)cc1)C(=O)CCCN(c1cc(Cl)ccc1Cl)S(C)(=O)=O. The maximum atomic E-state index is 13.5. The van der Waals surface area contributed by atoms with Gasteiger partial charge in [-0.15, -0.1) is 0 Å². The zero-order valence-electron chi connectivity index (χ0n) is 21.8. The van der Waals surface area contributed by atoms with E-state index in [9.17, 15) is 18.0 Å². The first kappa shape index (κ1) is 30.7. The Kier molecular flexibility index (Phi) is 11.5. The second kappa shape index (κ2) is 13.9. The molecule has 0 saturated heterocycles. The van der Waals surface area contributed by atoms with E-state index in [0.29, 0.717) is 17.2 Å². The number of ether oxygens (including phenoxy) is 1. The molecule has 0 aromatic heterocycles. The molecule has 2 aromatic rings.